The predicted molar refractivity (Wildman–Crippen MR) is 55.6 cm³/mol. The molecular weight excluding hydrogens is 180 g/mol. The van der Waals surface area contributed by atoms with Gasteiger partial charge in [0.15, 0.2) is 5.84 Å². The van der Waals surface area contributed by atoms with Crippen LogP contribution in [0.2, 0.25) is 0 Å². The Labute approximate surface area is 82.1 Å². The number of fused-ring (bicyclic) bond motifs is 1. The number of hydrogen-bond acceptors (Lipinski definition) is 5. The van der Waals surface area contributed by atoms with Crippen LogP contribution in [0.4, 0.5) is 0 Å². The molecule has 14 heavy (non-hydrogen) atoms. The minimum atomic E-state index is -0.0707. The van der Waals surface area contributed by atoms with Gasteiger partial charge in [-0.05, 0) is 18.6 Å². The quantitative estimate of drug-likeness (QED) is 0.685. The van der Waals surface area contributed by atoms with E-state index >= 15 is 0 Å². The molecule has 5 heteroatoms. The van der Waals surface area contributed by atoms with E-state index in [0.717, 1.165) is 11.3 Å². The first-order valence-corrected chi connectivity index (χ1v) is 4.38. The number of amidine groups is 2. The second-order valence-corrected chi connectivity index (χ2v) is 3.32. The van der Waals surface area contributed by atoms with Crippen LogP contribution >= 0.6 is 0 Å². The number of allylic oxidation sites excluding steroid dienone is 1. The minimum Gasteiger partial charge on any atom is -0.385 e. The standard InChI is InChI=1S/C9H12N4O/c1-5-3-6(4-14-2)7-8(10)12-13-9(7)11-5/h3,7H,4H2,1-2H3,(H2,10,12). The number of nitrogens with zero attached hydrogens (tertiary/aromatic N) is 3. The minimum absolute atomic E-state index is 0.0707. The third-order valence-corrected chi connectivity index (χ3v) is 2.19. The monoisotopic (exact) mass is 192 g/mol. The molecule has 2 rings (SSSR count). The van der Waals surface area contributed by atoms with Crippen molar-refractivity contribution in [2.45, 2.75) is 6.92 Å². The Bertz CT molecular complexity index is 378. The van der Waals surface area contributed by atoms with E-state index in [4.69, 9.17) is 10.5 Å². The third-order valence-electron chi connectivity index (χ3n) is 2.19. The van der Waals surface area contributed by atoms with Gasteiger partial charge in [0.25, 0.3) is 0 Å². The highest BCUT2D eigenvalue weighted by Crippen LogP contribution is 2.23. The summed E-state index contributed by atoms with van der Waals surface area (Å²) in [6.07, 6.45) is 1.97. The zero-order chi connectivity index (χ0) is 10.1. The van der Waals surface area contributed by atoms with Crippen LogP contribution in [0, 0.1) is 5.92 Å². The lowest BCUT2D eigenvalue weighted by molar-refractivity contribution is 0.222. The van der Waals surface area contributed by atoms with Crippen LogP contribution in [0.5, 0.6) is 0 Å². The lowest BCUT2D eigenvalue weighted by Gasteiger charge is -2.18. The summed E-state index contributed by atoms with van der Waals surface area (Å²) < 4.78 is 5.10. The number of nitrogens with two attached hydrogens (primary N) is 1. The molecule has 0 aromatic heterocycles. The van der Waals surface area contributed by atoms with Crippen LogP contribution in [0.25, 0.3) is 0 Å². The Balaban J connectivity index is 2.34. The molecule has 1 unspecified atom stereocenters. The summed E-state index contributed by atoms with van der Waals surface area (Å²) >= 11 is 0. The maximum atomic E-state index is 5.73. The summed E-state index contributed by atoms with van der Waals surface area (Å²) in [5.41, 5.74) is 7.71. The van der Waals surface area contributed by atoms with Crippen molar-refractivity contribution >= 4 is 17.4 Å². The molecule has 2 N–H and O–H groups in total. The Kier molecular flexibility index (Phi) is 2.17. The molecule has 0 fully saturated rings. The fourth-order valence-electron chi connectivity index (χ4n) is 1.66. The highest BCUT2D eigenvalue weighted by atomic mass is 16.5. The molecule has 0 bridgehead atoms. The van der Waals surface area contributed by atoms with E-state index in [1.54, 1.807) is 7.11 Å². The Morgan fingerprint density at radius 3 is 3.00 bits per heavy atom. The number of methoxy groups -OCH3 is 1. The first-order valence-electron chi connectivity index (χ1n) is 4.38. The Morgan fingerprint density at radius 1 is 1.50 bits per heavy atom. The summed E-state index contributed by atoms with van der Waals surface area (Å²) in [5, 5.41) is 7.74. The lowest BCUT2D eigenvalue weighted by Crippen LogP contribution is -2.32. The molecule has 2 heterocycles. The average Bonchev–Trinajstić information content (AvgIpc) is 2.48. The maximum Gasteiger partial charge on any atom is 0.166 e. The average molecular weight is 192 g/mol. The molecule has 2 aliphatic rings. The molecule has 5 nitrogen and oxygen atoms in total. The van der Waals surface area contributed by atoms with Crippen LogP contribution in [0.1, 0.15) is 6.92 Å². The van der Waals surface area contributed by atoms with Gasteiger partial charge in [0.1, 0.15) is 11.8 Å². The van der Waals surface area contributed by atoms with Gasteiger partial charge in [-0.1, -0.05) is 0 Å². The molecule has 0 aromatic rings. The summed E-state index contributed by atoms with van der Waals surface area (Å²) in [5.74, 6) is 1.10. The Morgan fingerprint density at radius 2 is 2.29 bits per heavy atom. The van der Waals surface area contributed by atoms with Crippen LogP contribution in [-0.4, -0.2) is 31.1 Å². The van der Waals surface area contributed by atoms with Crippen LogP contribution in [0.3, 0.4) is 0 Å². The molecule has 1 atom stereocenters. The fourth-order valence-corrected chi connectivity index (χ4v) is 1.66. The van der Waals surface area contributed by atoms with Crippen LogP contribution in [0.15, 0.2) is 26.8 Å². The highest BCUT2D eigenvalue weighted by molar-refractivity contribution is 6.18. The number of dihydropyridines is 1. The van der Waals surface area contributed by atoms with Crippen LogP contribution < -0.4 is 5.73 Å². The number of ether oxygens (including phenoxy) is 1. The van der Waals surface area contributed by atoms with Crippen molar-refractivity contribution in [2.75, 3.05) is 13.7 Å². The molecule has 0 spiro atoms. The van der Waals surface area contributed by atoms with Crippen molar-refractivity contribution in [1.29, 1.82) is 0 Å². The fraction of sp³-hybridized carbons (Fsp3) is 0.444. The third kappa shape index (κ3) is 1.35. The summed E-state index contributed by atoms with van der Waals surface area (Å²) in [6, 6.07) is 0. The van der Waals surface area contributed by atoms with Crippen molar-refractivity contribution in [1.82, 2.24) is 0 Å². The molecule has 0 aromatic carbocycles. The van der Waals surface area contributed by atoms with Gasteiger partial charge in [-0.2, -0.15) is 0 Å². The van der Waals surface area contributed by atoms with Crippen molar-refractivity contribution in [3.05, 3.63) is 11.6 Å². The van der Waals surface area contributed by atoms with Gasteiger partial charge in [0.2, 0.25) is 0 Å². The van der Waals surface area contributed by atoms with Gasteiger partial charge in [-0.25, -0.2) is 4.99 Å². The van der Waals surface area contributed by atoms with Crippen molar-refractivity contribution < 1.29 is 4.74 Å². The lowest BCUT2D eigenvalue weighted by atomic mass is 9.94. The molecule has 2 aliphatic heterocycles. The second-order valence-electron chi connectivity index (χ2n) is 3.32. The molecular formula is C9H12N4O. The van der Waals surface area contributed by atoms with Crippen molar-refractivity contribution in [3.8, 4) is 0 Å². The van der Waals surface area contributed by atoms with E-state index in [-0.39, 0.29) is 5.92 Å². The van der Waals surface area contributed by atoms with E-state index in [1.807, 2.05) is 13.0 Å². The number of hydrogen-bond donors (Lipinski definition) is 1. The predicted octanol–water partition coefficient (Wildman–Crippen LogP) is 0.334. The number of aliphatic imine (C=N–C) groups is 1. The molecule has 74 valence electrons. The van der Waals surface area contributed by atoms with Gasteiger partial charge < -0.3 is 10.5 Å². The molecule has 0 amide bonds. The van der Waals surface area contributed by atoms with Crippen LogP contribution in [-0.2, 0) is 4.74 Å². The van der Waals surface area contributed by atoms with Gasteiger partial charge >= 0.3 is 0 Å². The van der Waals surface area contributed by atoms with Gasteiger partial charge in [-0.15, -0.1) is 10.2 Å². The molecule has 0 aliphatic carbocycles. The molecule has 0 saturated carbocycles. The van der Waals surface area contributed by atoms with Gasteiger partial charge in [0.05, 0.1) is 6.61 Å². The maximum absolute atomic E-state index is 5.73. The van der Waals surface area contributed by atoms with E-state index in [9.17, 15) is 0 Å². The topological polar surface area (TPSA) is 72.3 Å². The summed E-state index contributed by atoms with van der Waals surface area (Å²) in [4.78, 5) is 4.27. The van der Waals surface area contributed by atoms with E-state index in [1.165, 1.54) is 0 Å². The highest BCUT2D eigenvalue weighted by Gasteiger charge is 2.31. The second kappa shape index (κ2) is 3.34. The van der Waals surface area contributed by atoms with Crippen molar-refractivity contribution in [2.24, 2.45) is 26.8 Å². The zero-order valence-electron chi connectivity index (χ0n) is 8.19. The van der Waals surface area contributed by atoms with E-state index in [2.05, 4.69) is 15.2 Å². The van der Waals surface area contributed by atoms with E-state index < -0.39 is 0 Å². The largest absolute Gasteiger partial charge is 0.385 e. The molecule has 0 radical (unpaired) electrons. The van der Waals surface area contributed by atoms with Gasteiger partial charge in [-0.3, -0.25) is 0 Å². The first-order chi connectivity index (χ1) is 6.72. The summed E-state index contributed by atoms with van der Waals surface area (Å²) in [7, 11) is 1.65. The van der Waals surface area contributed by atoms with E-state index in [0.29, 0.717) is 18.3 Å². The van der Waals surface area contributed by atoms with Crippen molar-refractivity contribution in [3.63, 3.8) is 0 Å². The smallest absolute Gasteiger partial charge is 0.166 e. The zero-order valence-corrected chi connectivity index (χ0v) is 8.19. The first kappa shape index (κ1) is 9.08. The SMILES string of the molecule is COCC1=CC(C)=NC2=NN=C(N)C12. The normalized spacial score (nSPS) is 24.9. The van der Waals surface area contributed by atoms with Gasteiger partial charge in [0, 0.05) is 12.8 Å². The molecule has 0 saturated heterocycles. The Hall–Kier alpha value is -1.49. The number of rotatable bonds is 2. The summed E-state index contributed by atoms with van der Waals surface area (Å²) in [6.45, 7) is 2.45.